The highest BCUT2D eigenvalue weighted by atomic mass is 35.5. The molecule has 1 aromatic carbocycles. The number of ether oxygens (including phenoxy) is 1. The minimum Gasteiger partial charge on any atom is -0.465 e. The molecule has 1 amide bonds. The standard InChI is InChI=1S/C12H12ClNO3/c1-17-12(16)9-4-2-3-8-6-14(7-10(8)9)11(15)5-13/h2-4H,5-7H2,1H3. The molecule has 0 aromatic heterocycles. The number of carbonyl (C=O) groups excluding carboxylic acids is 2. The van der Waals surface area contributed by atoms with Gasteiger partial charge in [0.25, 0.3) is 0 Å². The number of halogens is 1. The predicted molar refractivity (Wildman–Crippen MR) is 62.8 cm³/mol. The smallest absolute Gasteiger partial charge is 0.338 e. The van der Waals surface area contributed by atoms with Crippen LogP contribution in [0.4, 0.5) is 0 Å². The van der Waals surface area contributed by atoms with Gasteiger partial charge in [0.1, 0.15) is 5.88 Å². The van der Waals surface area contributed by atoms with Crippen LogP contribution in [0.1, 0.15) is 21.5 Å². The molecule has 0 aliphatic carbocycles. The van der Waals surface area contributed by atoms with E-state index in [-0.39, 0.29) is 17.8 Å². The van der Waals surface area contributed by atoms with E-state index in [1.54, 1.807) is 17.0 Å². The summed E-state index contributed by atoms with van der Waals surface area (Å²) in [4.78, 5) is 24.7. The molecule has 0 N–H and O–H groups in total. The number of nitrogens with zero attached hydrogens (tertiary/aromatic N) is 1. The monoisotopic (exact) mass is 253 g/mol. The number of methoxy groups -OCH3 is 1. The second kappa shape index (κ2) is 4.75. The maximum absolute atomic E-state index is 11.6. The Hall–Kier alpha value is -1.55. The lowest BCUT2D eigenvalue weighted by atomic mass is 10.0. The van der Waals surface area contributed by atoms with Crippen molar-refractivity contribution in [2.24, 2.45) is 0 Å². The SMILES string of the molecule is COC(=O)c1cccc2c1CN(C(=O)CCl)C2. The quantitative estimate of drug-likeness (QED) is 0.594. The van der Waals surface area contributed by atoms with E-state index in [1.165, 1.54) is 7.11 Å². The molecule has 90 valence electrons. The fraction of sp³-hybridized carbons (Fsp3) is 0.333. The van der Waals surface area contributed by atoms with Gasteiger partial charge >= 0.3 is 5.97 Å². The molecule has 0 radical (unpaired) electrons. The Morgan fingerprint density at radius 2 is 2.18 bits per heavy atom. The molecule has 0 unspecified atom stereocenters. The van der Waals surface area contributed by atoms with Crippen LogP contribution in [-0.2, 0) is 22.6 Å². The molecule has 1 aliphatic rings. The van der Waals surface area contributed by atoms with Gasteiger partial charge in [0, 0.05) is 13.1 Å². The van der Waals surface area contributed by atoms with E-state index in [9.17, 15) is 9.59 Å². The van der Waals surface area contributed by atoms with Gasteiger partial charge in [0.15, 0.2) is 0 Å². The molecule has 0 fully saturated rings. The van der Waals surface area contributed by atoms with E-state index >= 15 is 0 Å². The van der Waals surface area contributed by atoms with E-state index in [0.717, 1.165) is 11.1 Å². The minimum absolute atomic E-state index is 0.0401. The first-order valence-electron chi connectivity index (χ1n) is 5.20. The van der Waals surface area contributed by atoms with Gasteiger partial charge in [-0.25, -0.2) is 4.79 Å². The Morgan fingerprint density at radius 3 is 2.82 bits per heavy atom. The topological polar surface area (TPSA) is 46.6 Å². The van der Waals surface area contributed by atoms with Crippen molar-refractivity contribution in [3.05, 3.63) is 34.9 Å². The molecule has 4 nitrogen and oxygen atoms in total. The van der Waals surface area contributed by atoms with E-state index in [4.69, 9.17) is 16.3 Å². The number of benzene rings is 1. The Balaban J connectivity index is 2.32. The number of fused-ring (bicyclic) bond motifs is 1. The average Bonchev–Trinajstić information content (AvgIpc) is 2.80. The van der Waals surface area contributed by atoms with Crippen LogP contribution >= 0.6 is 11.6 Å². The number of alkyl halides is 1. The normalized spacial score (nSPS) is 13.4. The van der Waals surface area contributed by atoms with Crippen LogP contribution < -0.4 is 0 Å². The third-order valence-corrected chi connectivity index (χ3v) is 3.08. The summed E-state index contributed by atoms with van der Waals surface area (Å²) in [5.74, 6) is -0.539. The number of esters is 1. The Bertz CT molecular complexity index is 473. The maximum atomic E-state index is 11.6. The van der Waals surface area contributed by atoms with E-state index in [0.29, 0.717) is 18.7 Å². The van der Waals surface area contributed by atoms with E-state index < -0.39 is 0 Å². The number of hydrogen-bond acceptors (Lipinski definition) is 3. The highest BCUT2D eigenvalue weighted by Gasteiger charge is 2.26. The van der Waals surface area contributed by atoms with Crippen LogP contribution in [0.2, 0.25) is 0 Å². The van der Waals surface area contributed by atoms with Crippen LogP contribution in [0.25, 0.3) is 0 Å². The zero-order valence-corrected chi connectivity index (χ0v) is 10.2. The average molecular weight is 254 g/mol. The molecule has 1 heterocycles. The Kier molecular flexibility index (Phi) is 3.33. The summed E-state index contributed by atoms with van der Waals surface area (Å²) in [7, 11) is 1.35. The van der Waals surface area contributed by atoms with Crippen LogP contribution in [0, 0.1) is 0 Å². The summed E-state index contributed by atoms with van der Waals surface area (Å²) >= 11 is 5.52. The van der Waals surface area contributed by atoms with Crippen molar-refractivity contribution >= 4 is 23.5 Å². The molecule has 0 bridgehead atoms. The fourth-order valence-corrected chi connectivity index (χ4v) is 2.15. The fourth-order valence-electron chi connectivity index (χ4n) is 1.98. The van der Waals surface area contributed by atoms with Crippen LogP contribution in [0.15, 0.2) is 18.2 Å². The van der Waals surface area contributed by atoms with Crippen LogP contribution in [0.3, 0.4) is 0 Å². The molecule has 0 saturated heterocycles. The van der Waals surface area contributed by atoms with E-state index in [1.807, 2.05) is 6.07 Å². The highest BCUT2D eigenvalue weighted by molar-refractivity contribution is 6.27. The first-order valence-corrected chi connectivity index (χ1v) is 5.73. The second-order valence-electron chi connectivity index (χ2n) is 3.82. The van der Waals surface area contributed by atoms with Crippen molar-refractivity contribution in [3.8, 4) is 0 Å². The van der Waals surface area contributed by atoms with Crippen molar-refractivity contribution in [2.45, 2.75) is 13.1 Å². The van der Waals surface area contributed by atoms with Crippen molar-refractivity contribution in [2.75, 3.05) is 13.0 Å². The lowest BCUT2D eigenvalue weighted by molar-refractivity contribution is -0.129. The lowest BCUT2D eigenvalue weighted by Crippen LogP contribution is -2.26. The molecule has 5 heteroatoms. The van der Waals surface area contributed by atoms with E-state index in [2.05, 4.69) is 0 Å². The molecule has 0 spiro atoms. The predicted octanol–water partition coefficient (Wildman–Crippen LogP) is 1.55. The van der Waals surface area contributed by atoms with Crippen molar-refractivity contribution < 1.29 is 14.3 Å². The number of amides is 1. The molecule has 1 aliphatic heterocycles. The summed E-state index contributed by atoms with van der Waals surface area (Å²) in [6.07, 6.45) is 0. The van der Waals surface area contributed by atoms with Gasteiger partial charge in [-0.3, -0.25) is 4.79 Å². The largest absolute Gasteiger partial charge is 0.465 e. The Labute approximate surface area is 104 Å². The number of hydrogen-bond donors (Lipinski definition) is 0. The van der Waals surface area contributed by atoms with Gasteiger partial charge in [0.05, 0.1) is 12.7 Å². The lowest BCUT2D eigenvalue weighted by Gasteiger charge is -2.13. The molecule has 17 heavy (non-hydrogen) atoms. The molecule has 2 rings (SSSR count). The van der Waals surface area contributed by atoms with Gasteiger partial charge in [-0.15, -0.1) is 11.6 Å². The zero-order chi connectivity index (χ0) is 12.4. The molecule has 0 atom stereocenters. The molecular formula is C12H12ClNO3. The minimum atomic E-state index is -0.373. The van der Waals surface area contributed by atoms with Crippen molar-refractivity contribution in [3.63, 3.8) is 0 Å². The maximum Gasteiger partial charge on any atom is 0.338 e. The summed E-state index contributed by atoms with van der Waals surface area (Å²) in [6.45, 7) is 0.928. The van der Waals surface area contributed by atoms with Crippen molar-refractivity contribution in [1.82, 2.24) is 4.90 Å². The summed E-state index contributed by atoms with van der Waals surface area (Å²) in [5, 5.41) is 0. The van der Waals surface area contributed by atoms with Crippen LogP contribution in [-0.4, -0.2) is 29.8 Å². The number of rotatable bonds is 2. The van der Waals surface area contributed by atoms with Gasteiger partial charge in [0.2, 0.25) is 5.91 Å². The second-order valence-corrected chi connectivity index (χ2v) is 4.09. The van der Waals surface area contributed by atoms with Gasteiger partial charge < -0.3 is 9.64 Å². The zero-order valence-electron chi connectivity index (χ0n) is 9.40. The molecular weight excluding hydrogens is 242 g/mol. The molecule has 0 saturated carbocycles. The summed E-state index contributed by atoms with van der Waals surface area (Å²) in [5.41, 5.74) is 2.36. The molecule has 1 aromatic rings. The first kappa shape index (κ1) is 11.9. The summed E-state index contributed by atoms with van der Waals surface area (Å²) in [6, 6.07) is 5.41. The van der Waals surface area contributed by atoms with Gasteiger partial charge in [-0.05, 0) is 17.2 Å². The van der Waals surface area contributed by atoms with Gasteiger partial charge in [-0.2, -0.15) is 0 Å². The van der Waals surface area contributed by atoms with Gasteiger partial charge in [-0.1, -0.05) is 12.1 Å². The third kappa shape index (κ3) is 2.13. The first-order chi connectivity index (χ1) is 8.17. The Morgan fingerprint density at radius 1 is 1.41 bits per heavy atom. The van der Waals surface area contributed by atoms with Crippen molar-refractivity contribution in [1.29, 1.82) is 0 Å². The highest BCUT2D eigenvalue weighted by Crippen LogP contribution is 2.26. The third-order valence-electron chi connectivity index (χ3n) is 2.86. The van der Waals surface area contributed by atoms with Crippen LogP contribution in [0.5, 0.6) is 0 Å². The number of carbonyl (C=O) groups is 2. The summed E-state index contributed by atoms with van der Waals surface area (Å²) < 4.78 is 4.72.